The first kappa shape index (κ1) is 28.4. The lowest BCUT2D eigenvalue weighted by molar-refractivity contribution is 0.669. The summed E-state index contributed by atoms with van der Waals surface area (Å²) in [5, 5.41) is 4.49. The highest BCUT2D eigenvalue weighted by atomic mass is 16.3. The molecule has 0 unspecified atom stereocenters. The van der Waals surface area contributed by atoms with Crippen LogP contribution >= 0.6 is 0 Å². The summed E-state index contributed by atoms with van der Waals surface area (Å²) in [6.45, 7) is 0. The molecule has 0 radical (unpaired) electrons. The summed E-state index contributed by atoms with van der Waals surface area (Å²) in [6, 6.07) is 48.2. The number of hydrogen-bond acceptors (Lipinski definition) is 4. The second kappa shape index (κ2) is 11.5. The van der Waals surface area contributed by atoms with Gasteiger partial charge in [-0.2, -0.15) is 0 Å². The molecular weight excluding hydrogens is 613 g/mol. The minimum atomic E-state index is 0.607. The van der Waals surface area contributed by atoms with Crippen LogP contribution in [0.25, 0.3) is 94.7 Å². The van der Waals surface area contributed by atoms with Crippen LogP contribution in [0.2, 0.25) is 0 Å². The maximum atomic E-state index is 6.49. The Morgan fingerprint density at radius 1 is 0.480 bits per heavy atom. The molecule has 9 aromatic rings. The van der Waals surface area contributed by atoms with E-state index in [1.54, 1.807) is 0 Å². The van der Waals surface area contributed by atoms with Crippen LogP contribution in [0.5, 0.6) is 0 Å². The van der Waals surface area contributed by atoms with Gasteiger partial charge in [0.2, 0.25) is 0 Å². The van der Waals surface area contributed by atoms with E-state index in [0.717, 1.165) is 57.0 Å². The lowest BCUT2D eigenvalue weighted by atomic mass is 9.97. The fourth-order valence-corrected chi connectivity index (χ4v) is 7.41. The molecule has 3 aromatic heterocycles. The standard InChI is InChI=1S/C45H30N4O/c1-4-14-29(15-5-1)43-46-44(30-16-6-2-7-17-30)48-45(47-43)35-22-13-25-40-42(35)36-28-31(26-27-39(36)50-40)33-21-12-24-38-41(33)34-20-10-11-23-37(34)49(38)32-18-8-3-9-19-32/h1-2,4-8,10-28H,3,9H2. The van der Waals surface area contributed by atoms with E-state index in [4.69, 9.17) is 19.4 Å². The zero-order chi connectivity index (χ0) is 33.0. The van der Waals surface area contributed by atoms with Gasteiger partial charge in [-0.3, -0.25) is 0 Å². The summed E-state index contributed by atoms with van der Waals surface area (Å²) in [7, 11) is 0. The third-order valence-corrected chi connectivity index (χ3v) is 9.68. The van der Waals surface area contributed by atoms with Crippen molar-refractivity contribution in [2.45, 2.75) is 12.8 Å². The molecule has 1 aliphatic rings. The molecule has 10 rings (SSSR count). The van der Waals surface area contributed by atoms with E-state index >= 15 is 0 Å². The minimum absolute atomic E-state index is 0.607. The molecule has 5 nitrogen and oxygen atoms in total. The smallest absolute Gasteiger partial charge is 0.164 e. The highest BCUT2D eigenvalue weighted by Gasteiger charge is 2.20. The van der Waals surface area contributed by atoms with Crippen molar-refractivity contribution in [3.8, 4) is 45.3 Å². The SMILES string of the molecule is C1=CC(n2c3ccccc3c3c(-c4ccc5oc6cccc(-c7nc(-c8ccccc8)nc(-c8ccccc8)n7)c6c5c4)cccc32)=CCC1. The molecule has 0 N–H and O–H groups in total. The van der Waals surface area contributed by atoms with E-state index < -0.39 is 0 Å². The topological polar surface area (TPSA) is 56.7 Å². The summed E-state index contributed by atoms with van der Waals surface area (Å²) >= 11 is 0. The Balaban J connectivity index is 1.20. The molecule has 0 saturated carbocycles. The van der Waals surface area contributed by atoms with Crippen molar-refractivity contribution in [3.05, 3.63) is 158 Å². The zero-order valence-corrected chi connectivity index (χ0v) is 27.1. The van der Waals surface area contributed by atoms with Gasteiger partial charge in [0.25, 0.3) is 0 Å². The first-order valence-corrected chi connectivity index (χ1v) is 17.0. The Morgan fingerprint density at radius 2 is 1.16 bits per heavy atom. The van der Waals surface area contributed by atoms with Crippen LogP contribution in [0, 0.1) is 0 Å². The van der Waals surface area contributed by atoms with Gasteiger partial charge in [-0.15, -0.1) is 0 Å². The minimum Gasteiger partial charge on any atom is -0.456 e. The summed E-state index contributed by atoms with van der Waals surface area (Å²) in [5.41, 5.74) is 10.3. The van der Waals surface area contributed by atoms with Crippen LogP contribution in [-0.4, -0.2) is 19.5 Å². The number of hydrogen-bond donors (Lipinski definition) is 0. The molecule has 0 fully saturated rings. The molecular formula is C45H30N4O. The zero-order valence-electron chi connectivity index (χ0n) is 27.1. The monoisotopic (exact) mass is 642 g/mol. The number of benzene rings is 6. The normalized spacial score (nSPS) is 13.1. The van der Waals surface area contributed by atoms with Crippen molar-refractivity contribution >= 4 is 49.4 Å². The number of rotatable bonds is 5. The molecule has 0 bridgehead atoms. The third-order valence-electron chi connectivity index (χ3n) is 9.68. The van der Waals surface area contributed by atoms with Crippen molar-refractivity contribution < 1.29 is 4.42 Å². The van der Waals surface area contributed by atoms with Gasteiger partial charge in [-0.1, -0.05) is 121 Å². The van der Waals surface area contributed by atoms with Gasteiger partial charge in [-0.05, 0) is 60.4 Å². The summed E-state index contributed by atoms with van der Waals surface area (Å²) < 4.78 is 8.89. The Hall–Kier alpha value is -6.59. The van der Waals surface area contributed by atoms with Crippen LogP contribution < -0.4 is 0 Å². The van der Waals surface area contributed by atoms with E-state index in [2.05, 4.69) is 89.5 Å². The van der Waals surface area contributed by atoms with Gasteiger partial charge in [-0.25, -0.2) is 15.0 Å². The molecule has 0 saturated heterocycles. The second-order valence-corrected chi connectivity index (χ2v) is 12.7. The highest BCUT2D eigenvalue weighted by molar-refractivity contribution is 6.18. The molecule has 5 heteroatoms. The fourth-order valence-electron chi connectivity index (χ4n) is 7.41. The highest BCUT2D eigenvalue weighted by Crippen LogP contribution is 2.42. The van der Waals surface area contributed by atoms with Gasteiger partial charge in [0.15, 0.2) is 17.5 Å². The van der Waals surface area contributed by atoms with Crippen molar-refractivity contribution in [1.29, 1.82) is 0 Å². The molecule has 236 valence electrons. The van der Waals surface area contributed by atoms with Crippen molar-refractivity contribution in [1.82, 2.24) is 19.5 Å². The second-order valence-electron chi connectivity index (χ2n) is 12.7. The first-order chi connectivity index (χ1) is 24.8. The predicted octanol–water partition coefficient (Wildman–Crippen LogP) is 11.7. The molecule has 6 aromatic carbocycles. The van der Waals surface area contributed by atoms with Crippen LogP contribution in [0.4, 0.5) is 0 Å². The van der Waals surface area contributed by atoms with Crippen molar-refractivity contribution in [2.75, 3.05) is 0 Å². The molecule has 0 spiro atoms. The van der Waals surface area contributed by atoms with E-state index in [1.165, 1.54) is 33.1 Å². The van der Waals surface area contributed by atoms with Crippen LogP contribution in [0.15, 0.2) is 162 Å². The number of allylic oxidation sites excluding steroid dienone is 4. The molecule has 50 heavy (non-hydrogen) atoms. The van der Waals surface area contributed by atoms with Gasteiger partial charge in [0.1, 0.15) is 11.2 Å². The van der Waals surface area contributed by atoms with E-state index in [-0.39, 0.29) is 0 Å². The Bertz CT molecular complexity index is 2750. The number of para-hydroxylation sites is 1. The summed E-state index contributed by atoms with van der Waals surface area (Å²) in [4.78, 5) is 15.0. The third kappa shape index (κ3) is 4.59. The van der Waals surface area contributed by atoms with Crippen molar-refractivity contribution in [3.63, 3.8) is 0 Å². The Kier molecular flexibility index (Phi) is 6.56. The lowest BCUT2D eigenvalue weighted by Crippen LogP contribution is -2.00. The van der Waals surface area contributed by atoms with Crippen LogP contribution in [0.1, 0.15) is 12.8 Å². The Labute approximate surface area is 288 Å². The van der Waals surface area contributed by atoms with Crippen molar-refractivity contribution in [2.24, 2.45) is 0 Å². The van der Waals surface area contributed by atoms with Gasteiger partial charge < -0.3 is 8.98 Å². The quantitative estimate of drug-likeness (QED) is 0.187. The number of fused-ring (bicyclic) bond motifs is 6. The largest absolute Gasteiger partial charge is 0.456 e. The average Bonchev–Trinajstić information content (AvgIpc) is 3.74. The Morgan fingerprint density at radius 3 is 1.92 bits per heavy atom. The molecule has 0 amide bonds. The van der Waals surface area contributed by atoms with E-state index in [0.29, 0.717) is 17.5 Å². The number of furan rings is 1. The van der Waals surface area contributed by atoms with E-state index in [9.17, 15) is 0 Å². The lowest BCUT2D eigenvalue weighted by Gasteiger charge is -2.12. The van der Waals surface area contributed by atoms with Gasteiger partial charge in [0, 0.05) is 43.9 Å². The van der Waals surface area contributed by atoms with Gasteiger partial charge >= 0.3 is 0 Å². The molecule has 0 atom stereocenters. The predicted molar refractivity (Wildman–Crippen MR) is 204 cm³/mol. The van der Waals surface area contributed by atoms with Crippen LogP contribution in [0.3, 0.4) is 0 Å². The average molecular weight is 643 g/mol. The number of aromatic nitrogens is 4. The first-order valence-electron chi connectivity index (χ1n) is 17.0. The summed E-state index contributed by atoms with van der Waals surface area (Å²) in [6.07, 6.45) is 9.00. The fraction of sp³-hybridized carbons (Fsp3) is 0.0444. The number of nitrogens with zero attached hydrogens (tertiary/aromatic N) is 4. The maximum Gasteiger partial charge on any atom is 0.164 e. The summed E-state index contributed by atoms with van der Waals surface area (Å²) in [5.74, 6) is 1.87. The molecule has 3 heterocycles. The van der Waals surface area contributed by atoms with Gasteiger partial charge in [0.05, 0.1) is 11.0 Å². The molecule has 1 aliphatic carbocycles. The molecule has 0 aliphatic heterocycles. The van der Waals surface area contributed by atoms with Crippen LogP contribution in [-0.2, 0) is 0 Å². The van der Waals surface area contributed by atoms with E-state index in [1.807, 2.05) is 72.8 Å². The maximum absolute atomic E-state index is 6.49.